The summed E-state index contributed by atoms with van der Waals surface area (Å²) >= 11 is 6.06. The molecule has 0 aliphatic carbocycles. The van der Waals surface area contributed by atoms with Crippen LogP contribution in [0.1, 0.15) is 30.1 Å². The van der Waals surface area contributed by atoms with E-state index in [1.165, 1.54) is 12.1 Å². The minimum absolute atomic E-state index is 0.0680. The van der Waals surface area contributed by atoms with E-state index >= 15 is 0 Å². The fourth-order valence-corrected chi connectivity index (χ4v) is 4.57. The second-order valence-corrected chi connectivity index (χ2v) is 8.59. The zero-order chi connectivity index (χ0) is 17.3. The van der Waals surface area contributed by atoms with Crippen LogP contribution in [-0.2, 0) is 14.8 Å². The van der Waals surface area contributed by atoms with Crippen LogP contribution in [0.3, 0.4) is 0 Å². The van der Waals surface area contributed by atoms with Crippen molar-refractivity contribution in [2.45, 2.75) is 30.8 Å². The van der Waals surface area contributed by atoms with Gasteiger partial charge in [0, 0.05) is 31.8 Å². The van der Waals surface area contributed by atoms with E-state index in [9.17, 15) is 13.2 Å². The van der Waals surface area contributed by atoms with Gasteiger partial charge in [-0.2, -0.15) is 0 Å². The average Bonchev–Trinajstić information content (AvgIpc) is 3.03. The molecule has 1 aromatic carbocycles. The molecule has 8 heteroatoms. The maximum absolute atomic E-state index is 12.5. The van der Waals surface area contributed by atoms with E-state index in [1.54, 1.807) is 11.0 Å². The van der Waals surface area contributed by atoms with Crippen molar-refractivity contribution in [1.29, 1.82) is 0 Å². The maximum Gasteiger partial charge on any atom is 0.253 e. The van der Waals surface area contributed by atoms with Gasteiger partial charge in [0.05, 0.1) is 11.1 Å². The number of hydrogen-bond donors (Lipinski definition) is 1. The number of benzene rings is 1. The van der Waals surface area contributed by atoms with Crippen molar-refractivity contribution < 1.29 is 17.9 Å². The molecule has 2 aliphatic rings. The Hall–Kier alpha value is -1.15. The third kappa shape index (κ3) is 3.74. The monoisotopic (exact) mass is 372 g/mol. The Bertz CT molecular complexity index is 726. The Kier molecular flexibility index (Phi) is 5.15. The number of nitrogens with one attached hydrogen (secondary N) is 1. The molecule has 0 saturated carbocycles. The summed E-state index contributed by atoms with van der Waals surface area (Å²) in [7, 11) is -3.79. The summed E-state index contributed by atoms with van der Waals surface area (Å²) in [5, 5.41) is 0.100. The molecule has 2 aliphatic heterocycles. The first-order valence-electron chi connectivity index (χ1n) is 8.07. The zero-order valence-electron chi connectivity index (χ0n) is 13.5. The highest BCUT2D eigenvalue weighted by Crippen LogP contribution is 2.25. The number of rotatable bonds is 5. The predicted octanol–water partition coefficient (Wildman–Crippen LogP) is 1.89. The smallest absolute Gasteiger partial charge is 0.253 e. The summed E-state index contributed by atoms with van der Waals surface area (Å²) in [4.78, 5) is 14.0. The summed E-state index contributed by atoms with van der Waals surface area (Å²) in [6.45, 7) is 4.32. The van der Waals surface area contributed by atoms with Gasteiger partial charge in [-0.1, -0.05) is 18.5 Å². The van der Waals surface area contributed by atoms with Gasteiger partial charge in [-0.3, -0.25) is 4.79 Å². The average molecular weight is 373 g/mol. The van der Waals surface area contributed by atoms with Gasteiger partial charge in [0.15, 0.2) is 0 Å². The minimum Gasteiger partial charge on any atom is -0.377 e. The largest absolute Gasteiger partial charge is 0.377 e. The van der Waals surface area contributed by atoms with Crippen molar-refractivity contribution in [2.75, 3.05) is 26.2 Å². The number of ether oxygens (including phenoxy) is 1. The Morgan fingerprint density at radius 2 is 2.17 bits per heavy atom. The van der Waals surface area contributed by atoms with E-state index in [0.29, 0.717) is 31.2 Å². The van der Waals surface area contributed by atoms with Crippen LogP contribution in [0.2, 0.25) is 5.02 Å². The van der Waals surface area contributed by atoms with Gasteiger partial charge >= 0.3 is 0 Å². The van der Waals surface area contributed by atoms with Crippen molar-refractivity contribution in [2.24, 2.45) is 5.92 Å². The third-order valence-electron chi connectivity index (χ3n) is 4.34. The lowest BCUT2D eigenvalue weighted by atomic mass is 10.0. The first kappa shape index (κ1) is 17.7. The molecule has 2 saturated heterocycles. The lowest BCUT2D eigenvalue weighted by Gasteiger charge is -2.37. The van der Waals surface area contributed by atoms with E-state index in [2.05, 4.69) is 11.6 Å². The van der Waals surface area contributed by atoms with Gasteiger partial charge in [0.2, 0.25) is 10.0 Å². The van der Waals surface area contributed by atoms with Gasteiger partial charge in [0.25, 0.3) is 5.91 Å². The molecule has 1 N–H and O–H groups in total. The molecule has 1 atom stereocenters. The molecule has 6 nitrogen and oxygen atoms in total. The maximum atomic E-state index is 12.5. The number of nitrogens with zero attached hydrogens (tertiary/aromatic N) is 1. The van der Waals surface area contributed by atoms with E-state index in [4.69, 9.17) is 16.3 Å². The molecule has 2 fully saturated rings. The van der Waals surface area contributed by atoms with Crippen molar-refractivity contribution in [3.63, 3.8) is 0 Å². The fraction of sp³-hybridized carbons (Fsp3) is 0.562. The van der Waals surface area contributed by atoms with E-state index in [1.807, 2.05) is 0 Å². The van der Waals surface area contributed by atoms with Gasteiger partial charge < -0.3 is 9.64 Å². The first-order valence-corrected chi connectivity index (χ1v) is 9.93. The van der Waals surface area contributed by atoms with E-state index in [0.717, 1.165) is 12.8 Å². The zero-order valence-corrected chi connectivity index (χ0v) is 15.1. The molecule has 1 amide bonds. The van der Waals surface area contributed by atoms with Crippen LogP contribution < -0.4 is 4.72 Å². The first-order chi connectivity index (χ1) is 11.4. The number of hydrogen-bond acceptors (Lipinski definition) is 4. The van der Waals surface area contributed by atoms with Crippen LogP contribution in [0.4, 0.5) is 0 Å². The van der Waals surface area contributed by atoms with Crippen LogP contribution in [0, 0.1) is 5.92 Å². The third-order valence-corrected chi connectivity index (χ3v) is 6.25. The molecular formula is C16H21ClN2O4S. The number of likely N-dealkylation sites (tertiary alicyclic amines) is 1. The molecule has 2 heterocycles. The molecule has 0 spiro atoms. The highest BCUT2D eigenvalue weighted by Gasteiger charge is 2.29. The molecule has 24 heavy (non-hydrogen) atoms. The van der Waals surface area contributed by atoms with Crippen LogP contribution >= 0.6 is 11.6 Å². The molecule has 132 valence electrons. The SMILES string of the molecule is CC1CN(C(=O)c2ccc(Cl)c(S(=O)(=O)NC[C@H]3CCCO3)c2)C1. The van der Waals surface area contributed by atoms with Crippen molar-refractivity contribution in [3.05, 3.63) is 28.8 Å². The quantitative estimate of drug-likeness (QED) is 0.856. The second kappa shape index (κ2) is 7.00. The number of halogens is 1. The molecule has 0 aromatic heterocycles. The highest BCUT2D eigenvalue weighted by atomic mass is 35.5. The van der Waals surface area contributed by atoms with Crippen LogP contribution in [0.15, 0.2) is 23.1 Å². The topological polar surface area (TPSA) is 75.7 Å². The Balaban J connectivity index is 1.76. The van der Waals surface area contributed by atoms with Crippen LogP contribution in [0.25, 0.3) is 0 Å². The summed E-state index contributed by atoms with van der Waals surface area (Å²) in [6.07, 6.45) is 1.67. The lowest BCUT2D eigenvalue weighted by molar-refractivity contribution is 0.0530. The minimum atomic E-state index is -3.79. The molecule has 0 bridgehead atoms. The number of carbonyl (C=O) groups excluding carboxylic acids is 1. The highest BCUT2D eigenvalue weighted by molar-refractivity contribution is 7.89. The summed E-state index contributed by atoms with van der Waals surface area (Å²) < 4.78 is 33.0. The summed E-state index contributed by atoms with van der Waals surface area (Å²) in [5.41, 5.74) is 0.337. The number of sulfonamides is 1. The number of amides is 1. The number of carbonyl (C=O) groups is 1. The van der Waals surface area contributed by atoms with Crippen molar-refractivity contribution in [3.8, 4) is 0 Å². The Labute approximate surface area is 147 Å². The fourth-order valence-electron chi connectivity index (χ4n) is 2.98. The van der Waals surface area contributed by atoms with Crippen molar-refractivity contribution in [1.82, 2.24) is 9.62 Å². The van der Waals surface area contributed by atoms with E-state index in [-0.39, 0.29) is 28.5 Å². The Morgan fingerprint density at radius 1 is 1.42 bits per heavy atom. The Morgan fingerprint density at radius 3 is 2.79 bits per heavy atom. The van der Waals surface area contributed by atoms with Gasteiger partial charge in [0.1, 0.15) is 4.90 Å². The standard InChI is InChI=1S/C16H21ClN2O4S/c1-11-9-19(10-11)16(20)12-4-5-14(17)15(7-12)24(21,22)18-8-13-3-2-6-23-13/h4-5,7,11,13,18H,2-3,6,8-10H2,1H3/t13-/m1/s1. The van der Waals surface area contributed by atoms with Gasteiger partial charge in [-0.25, -0.2) is 13.1 Å². The van der Waals surface area contributed by atoms with E-state index < -0.39 is 10.0 Å². The summed E-state index contributed by atoms with van der Waals surface area (Å²) in [5.74, 6) is 0.317. The lowest BCUT2D eigenvalue weighted by Crippen LogP contribution is -2.48. The van der Waals surface area contributed by atoms with Crippen molar-refractivity contribution >= 4 is 27.5 Å². The molecule has 1 aromatic rings. The normalized spacial score (nSPS) is 21.8. The molecule has 0 unspecified atom stereocenters. The molecule has 0 radical (unpaired) electrons. The van der Waals surface area contributed by atoms with Gasteiger partial charge in [-0.15, -0.1) is 0 Å². The summed E-state index contributed by atoms with van der Waals surface area (Å²) in [6, 6.07) is 4.37. The van der Waals surface area contributed by atoms with Crippen LogP contribution in [0.5, 0.6) is 0 Å². The predicted molar refractivity (Wildman–Crippen MR) is 90.7 cm³/mol. The molecular weight excluding hydrogens is 352 g/mol. The van der Waals surface area contributed by atoms with Gasteiger partial charge in [-0.05, 0) is 37.0 Å². The second-order valence-electron chi connectivity index (χ2n) is 6.45. The van der Waals surface area contributed by atoms with Crippen LogP contribution in [-0.4, -0.2) is 51.6 Å². The molecule has 3 rings (SSSR count).